The molecule has 1 fully saturated rings. The molecule has 1 aromatic rings. The number of ether oxygens (including phenoxy) is 1. The predicted octanol–water partition coefficient (Wildman–Crippen LogP) is 1.56. The molecule has 1 saturated heterocycles. The first-order valence-corrected chi connectivity index (χ1v) is 7.75. The fraction of sp³-hybridized carbons (Fsp3) is 0.625. The van der Waals surface area contributed by atoms with Gasteiger partial charge in [-0.25, -0.2) is 0 Å². The predicted molar refractivity (Wildman–Crippen MR) is 80.9 cm³/mol. The van der Waals surface area contributed by atoms with E-state index >= 15 is 0 Å². The van der Waals surface area contributed by atoms with E-state index in [0.29, 0.717) is 32.7 Å². The van der Waals surface area contributed by atoms with Gasteiger partial charge in [0.05, 0.1) is 12.2 Å². The van der Waals surface area contributed by atoms with Crippen LogP contribution >= 0.6 is 0 Å². The van der Waals surface area contributed by atoms with Crippen molar-refractivity contribution in [2.24, 2.45) is 5.92 Å². The maximum atomic E-state index is 12.0. The first-order valence-electron chi connectivity index (χ1n) is 7.75. The lowest BCUT2D eigenvalue weighted by Gasteiger charge is -2.20. The van der Waals surface area contributed by atoms with E-state index in [1.165, 1.54) is 0 Å². The smallest absolute Gasteiger partial charge is 0.225 e. The van der Waals surface area contributed by atoms with Gasteiger partial charge in [-0.3, -0.25) is 9.59 Å². The molecule has 0 unspecified atom stereocenters. The van der Waals surface area contributed by atoms with Gasteiger partial charge in [-0.05, 0) is 32.4 Å². The monoisotopic (exact) mass is 308 g/mol. The third-order valence-corrected chi connectivity index (χ3v) is 3.74. The van der Waals surface area contributed by atoms with Crippen LogP contribution in [0, 0.1) is 5.92 Å². The number of likely N-dealkylation sites (tertiary alicyclic amines) is 1. The van der Waals surface area contributed by atoms with Crippen LogP contribution < -0.4 is 5.32 Å². The number of amides is 2. The van der Waals surface area contributed by atoms with Crippen LogP contribution in [0.3, 0.4) is 0 Å². The van der Waals surface area contributed by atoms with Gasteiger partial charge >= 0.3 is 0 Å². The Morgan fingerprint density at radius 3 is 3.00 bits per heavy atom. The van der Waals surface area contributed by atoms with Crippen molar-refractivity contribution in [3.05, 3.63) is 24.2 Å². The summed E-state index contributed by atoms with van der Waals surface area (Å²) in [5, 5.41) is 2.88. The molecule has 0 saturated carbocycles. The van der Waals surface area contributed by atoms with Crippen LogP contribution in [0.25, 0.3) is 0 Å². The van der Waals surface area contributed by atoms with Crippen molar-refractivity contribution in [2.45, 2.75) is 39.3 Å². The Bertz CT molecular complexity index is 484. The molecule has 2 amide bonds. The Kier molecular flexibility index (Phi) is 6.00. The van der Waals surface area contributed by atoms with Crippen molar-refractivity contribution in [1.29, 1.82) is 0 Å². The summed E-state index contributed by atoms with van der Waals surface area (Å²) < 4.78 is 10.6. The normalized spacial score (nSPS) is 18.2. The van der Waals surface area contributed by atoms with Crippen molar-refractivity contribution in [2.75, 3.05) is 19.7 Å². The third-order valence-electron chi connectivity index (χ3n) is 3.74. The zero-order chi connectivity index (χ0) is 15.9. The Morgan fingerprint density at radius 2 is 2.36 bits per heavy atom. The second kappa shape index (κ2) is 7.98. The highest BCUT2D eigenvalue weighted by atomic mass is 16.5. The lowest BCUT2D eigenvalue weighted by atomic mass is 10.1. The van der Waals surface area contributed by atoms with Gasteiger partial charge in [0.25, 0.3) is 0 Å². The zero-order valence-electron chi connectivity index (χ0n) is 13.2. The van der Waals surface area contributed by atoms with E-state index in [1.807, 2.05) is 26.0 Å². The van der Waals surface area contributed by atoms with E-state index < -0.39 is 0 Å². The van der Waals surface area contributed by atoms with Crippen molar-refractivity contribution in [1.82, 2.24) is 10.2 Å². The van der Waals surface area contributed by atoms with Crippen LogP contribution in [0.15, 0.2) is 22.8 Å². The van der Waals surface area contributed by atoms with Gasteiger partial charge in [0.2, 0.25) is 11.8 Å². The number of nitrogens with zero attached hydrogens (tertiary/aromatic N) is 1. The SMILES string of the molecule is CC(C)N1C[C@H](C(=O)NCCCOCc2ccco2)CC1=O. The average molecular weight is 308 g/mol. The van der Waals surface area contributed by atoms with E-state index in [9.17, 15) is 9.59 Å². The number of furan rings is 1. The van der Waals surface area contributed by atoms with Gasteiger partial charge in [-0.2, -0.15) is 0 Å². The number of rotatable bonds is 8. The summed E-state index contributed by atoms with van der Waals surface area (Å²) in [6, 6.07) is 3.84. The summed E-state index contributed by atoms with van der Waals surface area (Å²) in [6.07, 6.45) is 2.67. The zero-order valence-corrected chi connectivity index (χ0v) is 13.2. The maximum absolute atomic E-state index is 12.0. The first kappa shape index (κ1) is 16.5. The van der Waals surface area contributed by atoms with E-state index in [0.717, 1.165) is 12.2 Å². The number of carbonyl (C=O) groups is 2. The Hall–Kier alpha value is -1.82. The second-order valence-corrected chi connectivity index (χ2v) is 5.82. The van der Waals surface area contributed by atoms with Crippen molar-refractivity contribution in [3.63, 3.8) is 0 Å². The Balaban J connectivity index is 1.57. The van der Waals surface area contributed by atoms with Crippen LogP contribution in [0.4, 0.5) is 0 Å². The molecule has 0 aliphatic carbocycles. The summed E-state index contributed by atoms with van der Waals surface area (Å²) in [6.45, 7) is 6.02. The standard InChI is InChI=1S/C16H24N2O4/c1-12(2)18-10-13(9-15(18)19)16(20)17-6-4-7-21-11-14-5-3-8-22-14/h3,5,8,12-13H,4,6-7,9-11H2,1-2H3,(H,17,20)/t13-/m1/s1. The Morgan fingerprint density at radius 1 is 1.55 bits per heavy atom. The number of nitrogens with one attached hydrogen (secondary N) is 1. The van der Waals surface area contributed by atoms with Crippen molar-refractivity contribution in [3.8, 4) is 0 Å². The van der Waals surface area contributed by atoms with Gasteiger partial charge in [0.1, 0.15) is 12.4 Å². The van der Waals surface area contributed by atoms with Gasteiger partial charge in [0, 0.05) is 32.2 Å². The van der Waals surface area contributed by atoms with E-state index in [-0.39, 0.29) is 23.8 Å². The minimum atomic E-state index is -0.223. The summed E-state index contributed by atoms with van der Waals surface area (Å²) in [5.74, 6) is 0.598. The quantitative estimate of drug-likeness (QED) is 0.740. The molecule has 1 atom stereocenters. The highest BCUT2D eigenvalue weighted by Crippen LogP contribution is 2.20. The van der Waals surface area contributed by atoms with Gasteiger partial charge in [0.15, 0.2) is 0 Å². The molecule has 22 heavy (non-hydrogen) atoms. The largest absolute Gasteiger partial charge is 0.467 e. The molecule has 0 spiro atoms. The fourth-order valence-corrected chi connectivity index (χ4v) is 2.50. The maximum Gasteiger partial charge on any atom is 0.225 e. The second-order valence-electron chi connectivity index (χ2n) is 5.82. The summed E-state index contributed by atoms with van der Waals surface area (Å²) in [5.41, 5.74) is 0. The van der Waals surface area contributed by atoms with E-state index in [1.54, 1.807) is 11.2 Å². The summed E-state index contributed by atoms with van der Waals surface area (Å²) in [4.78, 5) is 25.6. The molecule has 2 rings (SSSR count). The van der Waals surface area contributed by atoms with E-state index in [4.69, 9.17) is 9.15 Å². The molecule has 0 bridgehead atoms. The molecule has 1 aliphatic rings. The van der Waals surface area contributed by atoms with Crippen LogP contribution in [0.2, 0.25) is 0 Å². The molecular formula is C16H24N2O4. The van der Waals surface area contributed by atoms with E-state index in [2.05, 4.69) is 5.32 Å². The molecule has 1 N–H and O–H groups in total. The summed E-state index contributed by atoms with van der Waals surface area (Å²) >= 11 is 0. The molecule has 2 heterocycles. The van der Waals surface area contributed by atoms with Crippen molar-refractivity contribution < 1.29 is 18.7 Å². The molecule has 6 nitrogen and oxygen atoms in total. The van der Waals surface area contributed by atoms with Crippen molar-refractivity contribution >= 4 is 11.8 Å². The van der Waals surface area contributed by atoms with Crippen LogP contribution in [-0.2, 0) is 20.9 Å². The number of hydrogen-bond donors (Lipinski definition) is 1. The Labute approximate surface area is 130 Å². The fourth-order valence-electron chi connectivity index (χ4n) is 2.50. The van der Waals surface area contributed by atoms with Gasteiger partial charge < -0.3 is 19.4 Å². The molecule has 1 aromatic heterocycles. The van der Waals surface area contributed by atoms with Crippen LogP contribution in [-0.4, -0.2) is 42.5 Å². The van der Waals surface area contributed by atoms with Crippen LogP contribution in [0.1, 0.15) is 32.4 Å². The third kappa shape index (κ3) is 4.59. The lowest BCUT2D eigenvalue weighted by Crippen LogP contribution is -2.36. The minimum Gasteiger partial charge on any atom is -0.467 e. The number of hydrogen-bond acceptors (Lipinski definition) is 4. The van der Waals surface area contributed by atoms with Crippen LogP contribution in [0.5, 0.6) is 0 Å². The minimum absolute atomic E-state index is 0.0393. The molecule has 0 radical (unpaired) electrons. The first-order chi connectivity index (χ1) is 10.6. The molecule has 0 aromatic carbocycles. The van der Waals surface area contributed by atoms with Gasteiger partial charge in [-0.15, -0.1) is 0 Å². The average Bonchev–Trinajstić information content (AvgIpc) is 3.11. The highest BCUT2D eigenvalue weighted by Gasteiger charge is 2.35. The summed E-state index contributed by atoms with van der Waals surface area (Å²) in [7, 11) is 0. The molecule has 122 valence electrons. The lowest BCUT2D eigenvalue weighted by molar-refractivity contribution is -0.129. The molecule has 1 aliphatic heterocycles. The molecular weight excluding hydrogens is 284 g/mol. The van der Waals surface area contributed by atoms with Gasteiger partial charge in [-0.1, -0.05) is 0 Å². The number of carbonyl (C=O) groups excluding carboxylic acids is 2. The molecule has 6 heteroatoms. The highest BCUT2D eigenvalue weighted by molar-refractivity contribution is 5.89. The topological polar surface area (TPSA) is 71.8 Å².